The zero-order valence-corrected chi connectivity index (χ0v) is 24.6. The van der Waals surface area contributed by atoms with Gasteiger partial charge >= 0.3 is 12.0 Å². The third-order valence-electron chi connectivity index (χ3n) is 6.83. The number of amides is 2. The van der Waals surface area contributed by atoms with Crippen LogP contribution in [-0.4, -0.2) is 54.4 Å². The summed E-state index contributed by atoms with van der Waals surface area (Å²) in [6, 6.07) is 14.2. The van der Waals surface area contributed by atoms with E-state index in [0.717, 1.165) is 22.6 Å². The van der Waals surface area contributed by atoms with E-state index in [2.05, 4.69) is 50.9 Å². The quantitative estimate of drug-likeness (QED) is 0.118. The number of rotatable bonds is 11. The summed E-state index contributed by atoms with van der Waals surface area (Å²) in [4.78, 5) is 24.6. The summed E-state index contributed by atoms with van der Waals surface area (Å²) < 4.78 is 18.7. The highest BCUT2D eigenvalue weighted by atomic mass is 16.5. The number of hydrogen-bond acceptors (Lipinski definition) is 8. The molecule has 2 heterocycles. The average Bonchev–Trinajstić information content (AvgIpc) is 3.24. The summed E-state index contributed by atoms with van der Waals surface area (Å²) in [5, 5.41) is 20.0. The van der Waals surface area contributed by atoms with Crippen molar-refractivity contribution in [3.8, 4) is 17.2 Å². The highest BCUT2D eigenvalue weighted by Gasteiger charge is 2.32. The molecule has 3 aromatic rings. The lowest BCUT2D eigenvalue weighted by Gasteiger charge is -2.28. The lowest BCUT2D eigenvalue weighted by Crippen LogP contribution is -2.45. The molecule has 11 heteroatoms. The molecule has 1 aliphatic rings. The van der Waals surface area contributed by atoms with Crippen LogP contribution in [0.1, 0.15) is 48.0 Å². The molecule has 0 spiro atoms. The number of esters is 1. The van der Waals surface area contributed by atoms with Gasteiger partial charge in [0.1, 0.15) is 6.61 Å². The molecule has 222 valence electrons. The van der Waals surface area contributed by atoms with Crippen LogP contribution in [0.15, 0.2) is 64.9 Å². The first kappa shape index (κ1) is 30.2. The highest BCUT2D eigenvalue weighted by molar-refractivity contribution is 5.95. The van der Waals surface area contributed by atoms with E-state index in [-0.39, 0.29) is 12.2 Å². The van der Waals surface area contributed by atoms with Crippen molar-refractivity contribution in [3.63, 3.8) is 0 Å². The summed E-state index contributed by atoms with van der Waals surface area (Å²) in [5.74, 6) is 0.215. The monoisotopic (exact) mass is 575 g/mol. The van der Waals surface area contributed by atoms with Crippen molar-refractivity contribution < 1.29 is 28.9 Å². The smallest absolute Gasteiger partial charge is 0.337 e. The third kappa shape index (κ3) is 6.74. The summed E-state index contributed by atoms with van der Waals surface area (Å²) in [5.41, 5.74) is 9.27. The van der Waals surface area contributed by atoms with Gasteiger partial charge in [-0.2, -0.15) is 5.10 Å². The number of ether oxygens (including phenoxy) is 3. The van der Waals surface area contributed by atoms with Crippen LogP contribution in [0.4, 0.5) is 4.79 Å². The van der Waals surface area contributed by atoms with Gasteiger partial charge in [-0.05, 0) is 76.1 Å². The maximum atomic E-state index is 12.4. The Bertz CT molecular complexity index is 1530. The predicted octanol–water partition coefficient (Wildman–Crippen LogP) is 3.92. The molecule has 4 rings (SSSR count). The second-order valence-corrected chi connectivity index (χ2v) is 9.92. The van der Waals surface area contributed by atoms with Gasteiger partial charge in [0.2, 0.25) is 0 Å². The lowest BCUT2D eigenvalue weighted by atomic mass is 9.95. The van der Waals surface area contributed by atoms with Crippen molar-refractivity contribution in [1.82, 2.24) is 20.6 Å². The first-order valence-corrected chi connectivity index (χ1v) is 13.6. The largest absolute Gasteiger partial charge is 0.490 e. The summed E-state index contributed by atoms with van der Waals surface area (Å²) in [6.45, 7) is 9.82. The van der Waals surface area contributed by atoms with Crippen molar-refractivity contribution >= 4 is 18.2 Å². The fraction of sp³-hybridized carbons (Fsp3) is 0.323. The fourth-order valence-electron chi connectivity index (χ4n) is 4.90. The molecule has 1 aromatic heterocycles. The Hall–Kier alpha value is -4.77. The molecule has 0 fully saturated rings. The first-order valence-electron chi connectivity index (χ1n) is 13.6. The molecule has 11 nitrogen and oxygen atoms in total. The van der Waals surface area contributed by atoms with Crippen molar-refractivity contribution in [2.45, 2.75) is 46.9 Å². The molecule has 0 bridgehead atoms. The van der Waals surface area contributed by atoms with Gasteiger partial charge in [-0.15, -0.1) is 0 Å². The van der Waals surface area contributed by atoms with Crippen LogP contribution in [0, 0.1) is 20.8 Å². The van der Waals surface area contributed by atoms with E-state index in [9.17, 15) is 14.7 Å². The van der Waals surface area contributed by atoms with E-state index in [1.165, 1.54) is 12.7 Å². The molecule has 2 amide bonds. The second kappa shape index (κ2) is 13.3. The molecule has 0 radical (unpaired) electrons. The topological polar surface area (TPSA) is 135 Å². The van der Waals surface area contributed by atoms with Gasteiger partial charge in [0.15, 0.2) is 17.7 Å². The van der Waals surface area contributed by atoms with Crippen LogP contribution < -0.4 is 25.5 Å². The van der Waals surface area contributed by atoms with E-state index in [1.807, 2.05) is 32.9 Å². The number of urea groups is 1. The van der Waals surface area contributed by atoms with Crippen molar-refractivity contribution in [2.75, 3.05) is 20.3 Å². The Morgan fingerprint density at radius 3 is 2.62 bits per heavy atom. The van der Waals surface area contributed by atoms with Crippen molar-refractivity contribution in [3.05, 3.63) is 87.9 Å². The number of carbonyl (C=O) groups is 2. The standard InChI is InChI=1S/C31H37N5O6/c1-7-41-26-15-22(29-28(30(38)40-6)20(4)33-31(39)34-29)11-12-25(26)42-17-27(37)35-32-16-23-14-19(3)36(21(23)5)24-10-8-9-18(2)13-24/h8-16,27,29,35,37H,7,17H2,1-6H3,(H2,33,34,39)/b32-16-/t27-,29+/m0/s1. The first-order chi connectivity index (χ1) is 20.1. The highest BCUT2D eigenvalue weighted by Crippen LogP contribution is 2.35. The number of nitrogens with one attached hydrogen (secondary N) is 3. The zero-order chi connectivity index (χ0) is 30.4. The van der Waals surface area contributed by atoms with Crippen molar-refractivity contribution in [1.29, 1.82) is 0 Å². The van der Waals surface area contributed by atoms with E-state index >= 15 is 0 Å². The predicted molar refractivity (Wildman–Crippen MR) is 159 cm³/mol. The van der Waals surface area contributed by atoms with Gasteiger partial charge in [-0.1, -0.05) is 18.2 Å². The molecular weight excluding hydrogens is 538 g/mol. The number of methoxy groups -OCH3 is 1. The molecule has 2 atom stereocenters. The number of aliphatic hydroxyl groups is 1. The number of aryl methyl sites for hydroxylation is 2. The number of allylic oxidation sites excluding steroid dienone is 1. The van der Waals surface area contributed by atoms with Gasteiger partial charge in [0.25, 0.3) is 0 Å². The number of aromatic nitrogens is 1. The van der Waals surface area contributed by atoms with E-state index < -0.39 is 24.3 Å². The Balaban J connectivity index is 1.43. The molecule has 0 saturated carbocycles. The molecule has 0 unspecified atom stereocenters. The minimum absolute atomic E-state index is 0.115. The number of benzene rings is 2. The molecule has 42 heavy (non-hydrogen) atoms. The van der Waals surface area contributed by atoms with Gasteiger partial charge < -0.3 is 34.5 Å². The number of nitrogens with zero attached hydrogens (tertiary/aromatic N) is 2. The van der Waals surface area contributed by atoms with Gasteiger partial charge in [-0.3, -0.25) is 5.43 Å². The van der Waals surface area contributed by atoms with E-state index in [0.29, 0.717) is 29.4 Å². The number of aliphatic hydroxyl groups excluding tert-OH is 1. The maximum Gasteiger partial charge on any atom is 0.337 e. The molecule has 1 aliphatic heterocycles. The minimum Gasteiger partial charge on any atom is -0.490 e. The maximum absolute atomic E-state index is 12.4. The molecular formula is C31H37N5O6. The number of hydrazone groups is 1. The Morgan fingerprint density at radius 2 is 1.90 bits per heavy atom. The van der Waals surface area contributed by atoms with Crippen LogP contribution in [0.5, 0.6) is 11.5 Å². The molecule has 0 aliphatic carbocycles. The number of hydrogen-bond donors (Lipinski definition) is 4. The van der Waals surface area contributed by atoms with Crippen LogP contribution in [0.2, 0.25) is 0 Å². The second-order valence-electron chi connectivity index (χ2n) is 9.92. The van der Waals surface area contributed by atoms with Crippen molar-refractivity contribution in [2.24, 2.45) is 5.10 Å². The van der Waals surface area contributed by atoms with E-state index in [1.54, 1.807) is 31.3 Å². The molecule has 0 saturated heterocycles. The van der Waals surface area contributed by atoms with Crippen LogP contribution in [-0.2, 0) is 9.53 Å². The summed E-state index contributed by atoms with van der Waals surface area (Å²) in [7, 11) is 1.28. The number of carbonyl (C=O) groups excluding carboxylic acids is 2. The third-order valence-corrected chi connectivity index (χ3v) is 6.83. The summed E-state index contributed by atoms with van der Waals surface area (Å²) in [6.07, 6.45) is 0.566. The van der Waals surface area contributed by atoms with Gasteiger partial charge in [0.05, 0.1) is 31.5 Å². The van der Waals surface area contributed by atoms with Crippen LogP contribution >= 0.6 is 0 Å². The SMILES string of the molecule is CCOc1cc([C@H]2NC(=O)NC(C)=C2C(=O)OC)ccc1OC[C@H](O)N/N=C\c1cc(C)n(-c2cccc(C)c2)c1C. The Morgan fingerprint density at radius 1 is 1.12 bits per heavy atom. The molecule has 2 aromatic carbocycles. The average molecular weight is 576 g/mol. The zero-order valence-electron chi connectivity index (χ0n) is 24.6. The Kier molecular flexibility index (Phi) is 9.53. The van der Waals surface area contributed by atoms with Crippen LogP contribution in [0.3, 0.4) is 0 Å². The minimum atomic E-state index is -1.10. The van der Waals surface area contributed by atoms with E-state index in [4.69, 9.17) is 14.2 Å². The normalized spacial score (nSPS) is 15.7. The van der Waals surface area contributed by atoms with Gasteiger partial charge in [0, 0.05) is 28.3 Å². The van der Waals surface area contributed by atoms with Gasteiger partial charge in [-0.25, -0.2) is 9.59 Å². The Labute approximate surface area is 245 Å². The lowest BCUT2D eigenvalue weighted by molar-refractivity contribution is -0.136. The summed E-state index contributed by atoms with van der Waals surface area (Å²) >= 11 is 0. The van der Waals surface area contributed by atoms with Crippen LogP contribution in [0.25, 0.3) is 5.69 Å². The fourth-order valence-corrected chi connectivity index (χ4v) is 4.90. The molecule has 4 N–H and O–H groups in total.